The Morgan fingerprint density at radius 2 is 1.00 bits per heavy atom. The molecule has 0 saturated heterocycles. The molecule has 0 fully saturated rings. The molecule has 9 heteroatoms. The zero-order valence-corrected chi connectivity index (χ0v) is 40.0. The van der Waals surface area contributed by atoms with Gasteiger partial charge in [0.25, 0.3) is 0 Å². The zero-order chi connectivity index (χ0) is 44.9. The molecule has 0 aromatic heterocycles. The van der Waals surface area contributed by atoms with Gasteiger partial charge in [0.05, 0.1) is 0 Å². The Balaban J connectivity index is -0.000000136. The van der Waals surface area contributed by atoms with Gasteiger partial charge in [-0.3, -0.25) is 14.9 Å². The van der Waals surface area contributed by atoms with E-state index in [-0.39, 0.29) is 29.7 Å². The first-order valence-electron chi connectivity index (χ1n) is 22.8. The maximum absolute atomic E-state index is 10.4. The van der Waals surface area contributed by atoms with Gasteiger partial charge in [0.15, 0.2) is 0 Å². The summed E-state index contributed by atoms with van der Waals surface area (Å²) in [6.45, 7) is 34.2. The minimum Gasteiger partial charge on any atom is -0.481 e. The Labute approximate surface area is 349 Å². The van der Waals surface area contributed by atoms with E-state index in [9.17, 15) is 19.7 Å². The third-order valence-electron chi connectivity index (χ3n) is 11.0. The predicted molar refractivity (Wildman–Crippen MR) is 246 cm³/mol. The number of rotatable bonds is 26. The van der Waals surface area contributed by atoms with Crippen LogP contribution in [0.2, 0.25) is 0 Å². The molecule has 0 radical (unpaired) electrons. The highest BCUT2D eigenvalue weighted by Gasteiger charge is 2.16. The summed E-state index contributed by atoms with van der Waals surface area (Å²) in [6.07, 6.45) is 20.9. The van der Waals surface area contributed by atoms with E-state index in [0.717, 1.165) is 82.0 Å². The number of carbonyl (C=O) groups is 2. The first kappa shape index (κ1) is 66.0. The van der Waals surface area contributed by atoms with E-state index in [1.165, 1.54) is 38.5 Å². The number of aliphatic hydroxyl groups excluding tert-OH is 1. The number of aldehydes is 1. The zero-order valence-electron chi connectivity index (χ0n) is 40.0. The topological polar surface area (TPSA) is 170 Å². The van der Waals surface area contributed by atoms with Crippen molar-refractivity contribution in [3.8, 4) is 0 Å². The second-order valence-corrected chi connectivity index (χ2v) is 16.5. The molecule has 9 nitrogen and oxygen atoms in total. The molecule has 6 N–H and O–H groups in total. The number of carboxylic acid groups (broad SMARTS) is 1. The minimum atomic E-state index is -0.742. The van der Waals surface area contributed by atoms with Gasteiger partial charge in [0.1, 0.15) is 6.29 Å². The maximum Gasteiger partial charge on any atom is 0.303 e. The van der Waals surface area contributed by atoms with Crippen molar-refractivity contribution in [1.82, 2.24) is 0 Å². The summed E-state index contributed by atoms with van der Waals surface area (Å²) in [7, 11) is 0. The number of aliphatic hydroxyl groups is 1. The molecule has 0 bridgehead atoms. The predicted octanol–water partition coefficient (Wildman–Crippen LogP) is 12.6. The lowest BCUT2D eigenvalue weighted by Gasteiger charge is -2.16. The largest absolute Gasteiger partial charge is 0.481 e. The number of aliphatic carboxylic acids is 1. The Morgan fingerprint density at radius 3 is 1.25 bits per heavy atom. The first-order chi connectivity index (χ1) is 26.4. The van der Waals surface area contributed by atoms with Gasteiger partial charge >= 0.3 is 5.97 Å². The molecule has 0 aliphatic carbocycles. The van der Waals surface area contributed by atoms with Gasteiger partial charge in [-0.2, -0.15) is 0 Å². The summed E-state index contributed by atoms with van der Waals surface area (Å²) >= 11 is 0. The van der Waals surface area contributed by atoms with Gasteiger partial charge in [-0.05, 0) is 106 Å². The number of carboxylic acids is 1. The summed E-state index contributed by atoms with van der Waals surface area (Å²) in [5.41, 5.74) is 11.0. The summed E-state index contributed by atoms with van der Waals surface area (Å²) in [4.78, 5) is 30.2. The second-order valence-electron chi connectivity index (χ2n) is 16.5. The summed E-state index contributed by atoms with van der Waals surface area (Å²) < 4.78 is 0. The molecule has 0 heterocycles. The molecule has 0 aromatic carbocycles. The molecule has 0 amide bonds. The summed E-state index contributed by atoms with van der Waals surface area (Å²) in [5, 5.41) is 27.2. The van der Waals surface area contributed by atoms with Crippen LogP contribution in [-0.2, 0) is 9.59 Å². The van der Waals surface area contributed by atoms with E-state index in [1.807, 2.05) is 6.92 Å². The number of nitrogens with zero attached hydrogens (tertiary/aromatic N) is 1. The molecule has 0 aliphatic heterocycles. The highest BCUT2D eigenvalue weighted by Crippen LogP contribution is 2.19. The molecule has 9 atom stereocenters. The summed E-state index contributed by atoms with van der Waals surface area (Å²) in [5.74, 6) is 4.64. The smallest absolute Gasteiger partial charge is 0.303 e. The Bertz CT molecular complexity index is 792. The lowest BCUT2D eigenvalue weighted by Crippen LogP contribution is -2.20. The van der Waals surface area contributed by atoms with E-state index in [0.29, 0.717) is 36.8 Å². The molecule has 0 aromatic rings. The lowest BCUT2D eigenvalue weighted by molar-refractivity contribution is -0.488. The average Bonchev–Trinajstić information content (AvgIpc) is 3.18. The molecular formula is C47H101N3O6. The highest BCUT2D eigenvalue weighted by atomic mass is 16.6. The fraction of sp³-hybridized carbons (Fsp3) is 0.915. The van der Waals surface area contributed by atoms with Crippen LogP contribution >= 0.6 is 0 Å². The monoisotopic (exact) mass is 804 g/mol. The minimum absolute atomic E-state index is 0.140. The first-order valence-corrected chi connectivity index (χ1v) is 22.8. The normalized spacial score (nSPS) is 15.2. The van der Waals surface area contributed by atoms with Gasteiger partial charge in [-0.1, -0.05) is 154 Å². The number of carbonyl (C=O) groups excluding carboxylic acids is 1. The molecule has 0 aliphatic rings. The van der Waals surface area contributed by atoms with Crippen molar-refractivity contribution in [3.05, 3.63) is 22.3 Å². The van der Waals surface area contributed by atoms with Gasteiger partial charge in [-0.15, -0.1) is 0 Å². The van der Waals surface area contributed by atoms with Crippen LogP contribution in [0.4, 0.5) is 0 Å². The van der Waals surface area contributed by atoms with E-state index < -0.39 is 5.97 Å². The van der Waals surface area contributed by atoms with Crippen LogP contribution in [-0.4, -0.2) is 53.6 Å². The number of hydrogen-bond donors (Lipinski definition) is 4. The van der Waals surface area contributed by atoms with Gasteiger partial charge < -0.3 is 26.5 Å². The lowest BCUT2D eigenvalue weighted by atomic mass is 9.92. The van der Waals surface area contributed by atoms with E-state index in [4.69, 9.17) is 21.7 Å². The molecule has 0 saturated carbocycles. The Morgan fingerprint density at radius 1 is 0.625 bits per heavy atom. The fourth-order valence-electron chi connectivity index (χ4n) is 5.02. The van der Waals surface area contributed by atoms with Crippen LogP contribution in [0.3, 0.4) is 0 Å². The van der Waals surface area contributed by atoms with Crippen LogP contribution < -0.4 is 11.5 Å². The average molecular weight is 804 g/mol. The SMILES string of the molecule is C/C=C/CC(C)CC.CCC(C)CC(CC)CN.CCC(C)CC(CC)C[N+](=O)[O-].CCC(C)CC(CN)CC(=O)O.CCC(C)CC=O.CCC(C)CCO. The van der Waals surface area contributed by atoms with Crippen molar-refractivity contribution in [1.29, 1.82) is 0 Å². The third kappa shape index (κ3) is 58.9. The molecular weight excluding hydrogens is 703 g/mol. The molecule has 9 unspecified atom stereocenters. The summed E-state index contributed by atoms with van der Waals surface area (Å²) in [6, 6.07) is 0. The molecule has 56 heavy (non-hydrogen) atoms. The van der Waals surface area contributed by atoms with Crippen LogP contribution in [0, 0.1) is 63.4 Å². The molecule has 0 rings (SSSR count). The van der Waals surface area contributed by atoms with Crippen LogP contribution in [0.5, 0.6) is 0 Å². The number of nitro groups is 1. The van der Waals surface area contributed by atoms with E-state index in [2.05, 4.69) is 109 Å². The van der Waals surface area contributed by atoms with Crippen molar-refractivity contribution >= 4 is 12.3 Å². The number of hydrogen-bond acceptors (Lipinski definition) is 7. The van der Waals surface area contributed by atoms with E-state index in [1.54, 1.807) is 0 Å². The molecule has 340 valence electrons. The maximum atomic E-state index is 10.4. The van der Waals surface area contributed by atoms with Gasteiger partial charge in [-0.25, -0.2) is 0 Å². The second kappa shape index (κ2) is 51.2. The van der Waals surface area contributed by atoms with Crippen molar-refractivity contribution in [2.75, 3.05) is 26.2 Å². The quantitative estimate of drug-likeness (QED) is 0.0290. The number of allylic oxidation sites excluding steroid dienone is 2. The Hall–Kier alpha value is -1.84. The van der Waals surface area contributed by atoms with Crippen LogP contribution in [0.1, 0.15) is 200 Å². The standard InChI is InChI=1S/2C9H19NO2.C9H21N.C8H16.C6H14O.C6H12O/c1-4-8(3)6-9(5-2)7-10(11)12;1-3-7(2)4-8(6-10)5-9(11)12;1-4-8(3)6-9(5-2)7-10;1-4-6-7-8(3)5-2;2*1-3-6(2)4-5-7/h8-9H,4-7H2,1-3H3;7-8H,3-6,10H2,1-2H3,(H,11,12);8-9H,4-7,10H2,1-3H3;4,6,8H,5,7H2,1-3H3;6-7H,3-5H2,1-2H3;5-6H,3-4H2,1-2H3/b;;;6-4+;;. The van der Waals surface area contributed by atoms with Gasteiger partial charge in [0.2, 0.25) is 6.54 Å². The fourth-order valence-corrected chi connectivity index (χ4v) is 5.02. The van der Waals surface area contributed by atoms with Crippen LogP contribution in [0.15, 0.2) is 12.2 Å². The number of nitrogens with two attached hydrogens (primary N) is 2. The van der Waals surface area contributed by atoms with Crippen molar-refractivity contribution in [3.63, 3.8) is 0 Å². The third-order valence-corrected chi connectivity index (χ3v) is 11.0. The van der Waals surface area contributed by atoms with Gasteiger partial charge in [0, 0.05) is 30.3 Å². The van der Waals surface area contributed by atoms with E-state index >= 15 is 0 Å². The molecule has 0 spiro atoms. The van der Waals surface area contributed by atoms with Crippen molar-refractivity contribution in [2.45, 2.75) is 200 Å². The Kier molecular flexibility index (Phi) is 60.3. The van der Waals surface area contributed by atoms with Crippen molar-refractivity contribution in [2.24, 2.45) is 64.7 Å². The van der Waals surface area contributed by atoms with Crippen LogP contribution in [0.25, 0.3) is 0 Å². The highest BCUT2D eigenvalue weighted by molar-refractivity contribution is 5.67. The van der Waals surface area contributed by atoms with Crippen molar-refractivity contribution < 1.29 is 24.7 Å².